The van der Waals surface area contributed by atoms with Gasteiger partial charge in [0.05, 0.1) is 52.9 Å². The van der Waals surface area contributed by atoms with Crippen LogP contribution in [-0.4, -0.2) is 294 Å². The summed E-state index contributed by atoms with van der Waals surface area (Å²) in [6.07, 6.45) is 44.4. The van der Waals surface area contributed by atoms with Crippen LogP contribution in [0.5, 0.6) is 0 Å². The van der Waals surface area contributed by atoms with E-state index < -0.39 is 48.3 Å². The van der Waals surface area contributed by atoms with Crippen molar-refractivity contribution in [3.8, 4) is 0 Å². The minimum absolute atomic E-state index is 0.0445. The molecule has 4 N–H and O–H groups in total. The molecule has 0 saturated carbocycles. The van der Waals surface area contributed by atoms with E-state index >= 15 is 0 Å². The summed E-state index contributed by atoms with van der Waals surface area (Å²) in [6.45, 7) is 19.7. The van der Waals surface area contributed by atoms with Gasteiger partial charge < -0.3 is 77.3 Å². The lowest BCUT2D eigenvalue weighted by molar-refractivity contribution is -0.151. The summed E-state index contributed by atoms with van der Waals surface area (Å²) in [5.74, 6) is -5.49. The van der Waals surface area contributed by atoms with Crippen LogP contribution in [-0.2, 0) is 114 Å². The predicted octanol–water partition coefficient (Wildman–Crippen LogP) is 21.5. The first kappa shape index (κ1) is 141. The average Bonchev–Trinajstić information content (AvgIpc) is 0.898. The van der Waals surface area contributed by atoms with Gasteiger partial charge >= 0.3 is 71.6 Å². The number of nitrogens with zero attached hydrogens (tertiary/aromatic N) is 4. The molecule has 0 aromatic heterocycles. The number of carbonyl (C=O) groups is 12. The van der Waals surface area contributed by atoms with Crippen molar-refractivity contribution < 1.29 is 135 Å². The minimum Gasteiger partial charge on any atom is -0.465 e. The fourth-order valence-electron chi connectivity index (χ4n) is 18.1. The van der Waals surface area contributed by atoms with Gasteiger partial charge in [-0.2, -0.15) is 0 Å². The molecule has 1 fully saturated rings. The molecule has 32 nitrogen and oxygen atoms in total. The molecule has 32 heteroatoms. The van der Waals surface area contributed by atoms with Crippen LogP contribution in [0.3, 0.4) is 0 Å². The normalized spacial score (nSPS) is 14.1. The topological polar surface area (TPSA) is 409 Å². The Labute approximate surface area is 906 Å². The van der Waals surface area contributed by atoms with Gasteiger partial charge in [-0.15, -0.1) is 0 Å². The van der Waals surface area contributed by atoms with Gasteiger partial charge in [-0.05, 0) is 142 Å². The van der Waals surface area contributed by atoms with Crippen molar-refractivity contribution >= 4 is 71.6 Å². The standard InChI is InChI=1S/C118H216N4O28/c1-9-17-25-33-41-63-107(127)139-87-99(88-140-108(128)64-42-34-26-18-10-2)59-49-53-71-115(135)147-95-103(123)83-119-75-57-76-121(85-105(125)97-149-117(137)73-55-51-61-101(91-143-111(131)67-45-37-29-21-13-5)92-144-112(132)68-46-38-30-22-14-6)81-82-122(86-106(126)98-150-118(138)74-56-52-62-102(93-145-113(133)69-47-39-31-23-15-7)94-146-114(134)70-48-40-32-24-16-8)78-58-77-120(80-79-119)84-104(124)96-148-116(136)72-54-50-60-100(89-141-109(129)65-43-35-27-19-11-3)90-142-110(130)66-44-36-28-20-12-4/h99-106,123-126H,9-98H2,1-8H3. The molecule has 0 spiro atoms. The molecular weight excluding hydrogens is 1920 g/mol. The smallest absolute Gasteiger partial charge is 0.305 e. The molecule has 0 bridgehead atoms. The van der Waals surface area contributed by atoms with Crippen LogP contribution in [0, 0.1) is 23.7 Å². The van der Waals surface area contributed by atoms with Crippen LogP contribution in [0.1, 0.15) is 479 Å². The molecule has 0 radical (unpaired) electrons. The lowest BCUT2D eigenvalue weighted by Gasteiger charge is -2.34. The summed E-state index contributed by atoms with van der Waals surface area (Å²) in [5, 5.41) is 47.3. The molecule has 1 aliphatic heterocycles. The second-order valence-electron chi connectivity index (χ2n) is 42.5. The summed E-state index contributed by atoms with van der Waals surface area (Å²) < 4.78 is 68.6. The first-order valence-corrected chi connectivity index (χ1v) is 60.3. The van der Waals surface area contributed by atoms with E-state index in [0.717, 1.165) is 257 Å². The number of esters is 12. The van der Waals surface area contributed by atoms with Crippen molar-refractivity contribution in [2.75, 3.05) is 158 Å². The number of aliphatic hydroxyl groups is 4. The number of β-amino-alcohol motifs (C(OH)–C–C–N with tert-alkyl or cyclic N) is 4. The van der Waals surface area contributed by atoms with E-state index in [9.17, 15) is 78.0 Å². The Hall–Kier alpha value is -6.68. The van der Waals surface area contributed by atoms with E-state index in [1.54, 1.807) is 0 Å². The molecule has 1 aliphatic rings. The van der Waals surface area contributed by atoms with E-state index in [4.69, 9.17) is 56.8 Å². The summed E-state index contributed by atoms with van der Waals surface area (Å²) in [4.78, 5) is 165. The SMILES string of the molecule is CCCCCCCC(=O)OCC(CCCCC(=O)OCC(O)CN1CCCN(CC(O)COC(=O)CCCCC(COC(=O)CCCCCCC)COC(=O)CCCCCCC)CCN(CC(O)COC(=O)CCCCC(COC(=O)CCCCCCC)COC(=O)CCCCCCC)CCCN(CC(O)COC(=O)CCCCC(COC(=O)CCCCCCC)COC(=O)CCCCCCC)CC1)COC(=O)CCCCCCC. The fraction of sp³-hybridized carbons (Fsp3) is 0.898. The highest BCUT2D eigenvalue weighted by Gasteiger charge is 2.28. The second kappa shape index (κ2) is 102. The Balaban J connectivity index is 3.71. The van der Waals surface area contributed by atoms with Gasteiger partial charge in [0.2, 0.25) is 0 Å². The molecule has 1 saturated heterocycles. The van der Waals surface area contributed by atoms with Gasteiger partial charge in [-0.1, -0.05) is 287 Å². The molecule has 0 amide bonds. The fourth-order valence-corrected chi connectivity index (χ4v) is 18.1. The number of rotatable bonds is 100. The van der Waals surface area contributed by atoms with Crippen molar-refractivity contribution in [3.63, 3.8) is 0 Å². The zero-order valence-electron chi connectivity index (χ0n) is 95.6. The van der Waals surface area contributed by atoms with Crippen molar-refractivity contribution in [2.45, 2.75) is 504 Å². The molecule has 1 rings (SSSR count). The van der Waals surface area contributed by atoms with Gasteiger partial charge in [0.1, 0.15) is 50.8 Å². The van der Waals surface area contributed by atoms with Gasteiger partial charge in [-0.3, -0.25) is 77.1 Å². The summed E-state index contributed by atoms with van der Waals surface area (Å²) in [5.41, 5.74) is 0. The van der Waals surface area contributed by atoms with Gasteiger partial charge in [0.15, 0.2) is 0 Å². The van der Waals surface area contributed by atoms with E-state index in [1.807, 2.05) is 19.6 Å². The van der Waals surface area contributed by atoms with Gasteiger partial charge in [-0.25, -0.2) is 0 Å². The van der Waals surface area contributed by atoms with Crippen LogP contribution in [0.25, 0.3) is 0 Å². The first-order chi connectivity index (χ1) is 72.8. The molecule has 876 valence electrons. The van der Waals surface area contributed by atoms with Gasteiger partial charge in [0.25, 0.3) is 0 Å². The predicted molar refractivity (Wildman–Crippen MR) is 585 cm³/mol. The average molecular weight is 2140 g/mol. The third kappa shape index (κ3) is 90.5. The molecule has 4 unspecified atom stereocenters. The number of carbonyl (C=O) groups excluding carboxylic acids is 12. The maximum Gasteiger partial charge on any atom is 0.305 e. The lowest BCUT2D eigenvalue weighted by atomic mass is 10.0. The Morgan fingerprint density at radius 2 is 0.287 bits per heavy atom. The third-order valence-electron chi connectivity index (χ3n) is 27.7. The number of ether oxygens (including phenoxy) is 12. The Morgan fingerprint density at radius 1 is 0.167 bits per heavy atom. The van der Waals surface area contributed by atoms with Crippen molar-refractivity contribution in [1.82, 2.24) is 19.6 Å². The lowest BCUT2D eigenvalue weighted by Crippen LogP contribution is -2.47. The zero-order chi connectivity index (χ0) is 110. The number of aliphatic hydroxyl groups excluding tert-OH is 4. The summed E-state index contributed by atoms with van der Waals surface area (Å²) >= 11 is 0. The Bertz CT molecular complexity index is 2780. The molecule has 4 atom stereocenters. The highest BCUT2D eigenvalue weighted by molar-refractivity contribution is 5.73. The van der Waals surface area contributed by atoms with Crippen LogP contribution in [0.15, 0.2) is 0 Å². The monoisotopic (exact) mass is 2140 g/mol. The molecule has 0 aromatic carbocycles. The largest absolute Gasteiger partial charge is 0.465 e. The van der Waals surface area contributed by atoms with E-state index in [2.05, 4.69) is 55.4 Å². The van der Waals surface area contributed by atoms with E-state index in [-0.39, 0.29) is 203 Å². The van der Waals surface area contributed by atoms with Crippen molar-refractivity contribution in [2.24, 2.45) is 23.7 Å². The quantitative estimate of drug-likeness (QED) is 0.0250. The maximum atomic E-state index is 13.5. The van der Waals surface area contributed by atoms with Crippen molar-refractivity contribution in [1.29, 1.82) is 0 Å². The molecular formula is C118H216N4O28. The number of unbranched alkanes of at least 4 members (excludes halogenated alkanes) is 36. The molecule has 0 aliphatic carbocycles. The van der Waals surface area contributed by atoms with Crippen LogP contribution < -0.4 is 0 Å². The van der Waals surface area contributed by atoms with Crippen LogP contribution in [0.4, 0.5) is 0 Å². The minimum atomic E-state index is -1.15. The number of hydrogen-bond acceptors (Lipinski definition) is 32. The zero-order valence-corrected chi connectivity index (χ0v) is 95.6. The summed E-state index contributed by atoms with van der Waals surface area (Å²) in [7, 11) is 0. The Morgan fingerprint density at radius 3 is 0.420 bits per heavy atom. The summed E-state index contributed by atoms with van der Waals surface area (Å²) in [6, 6.07) is 0. The second-order valence-corrected chi connectivity index (χ2v) is 42.5. The Kier molecular flexibility index (Phi) is 95.7. The van der Waals surface area contributed by atoms with Crippen molar-refractivity contribution in [3.05, 3.63) is 0 Å². The maximum absolute atomic E-state index is 13.5. The van der Waals surface area contributed by atoms with E-state index in [0.29, 0.717) is 194 Å². The first-order valence-electron chi connectivity index (χ1n) is 60.3. The molecule has 1 heterocycles. The highest BCUT2D eigenvalue weighted by Crippen LogP contribution is 2.24. The van der Waals surface area contributed by atoms with Crippen LogP contribution >= 0.6 is 0 Å². The number of hydrogen-bond donors (Lipinski definition) is 4. The van der Waals surface area contributed by atoms with Crippen LogP contribution in [0.2, 0.25) is 0 Å². The van der Waals surface area contributed by atoms with Gasteiger partial charge in [0, 0.05) is 153 Å². The molecule has 150 heavy (non-hydrogen) atoms. The molecule has 0 aromatic rings. The third-order valence-corrected chi connectivity index (χ3v) is 27.7. The van der Waals surface area contributed by atoms with E-state index in [1.165, 1.54) is 0 Å². The highest BCUT2D eigenvalue weighted by atomic mass is 16.6.